The molecule has 0 N–H and O–H groups in total. The first kappa shape index (κ1) is 14.5. The van der Waals surface area contributed by atoms with E-state index in [4.69, 9.17) is 0 Å². The lowest BCUT2D eigenvalue weighted by atomic mass is 10.0. The molecule has 0 heterocycles. The van der Waals surface area contributed by atoms with E-state index in [2.05, 4.69) is 32.0 Å². The molecule has 3 rings (SSSR count). The average molecular weight is 268 g/mol. The number of rotatable bonds is 1. The minimum Gasteiger partial charge on any atom is -0.207 e. The van der Waals surface area contributed by atoms with Crippen molar-refractivity contribution in [3.63, 3.8) is 0 Å². The highest BCUT2D eigenvalue weighted by Crippen LogP contribution is 2.38. The molecule has 0 nitrogen and oxygen atoms in total. The van der Waals surface area contributed by atoms with Gasteiger partial charge in [-0.1, -0.05) is 49.7 Å². The van der Waals surface area contributed by atoms with Crippen molar-refractivity contribution >= 4 is 11.1 Å². The van der Waals surface area contributed by atoms with Crippen LogP contribution in [0.2, 0.25) is 0 Å². The minimum atomic E-state index is -0.177. The van der Waals surface area contributed by atoms with Gasteiger partial charge in [-0.25, -0.2) is 4.39 Å². The Balaban J connectivity index is 0.000000704. The molecule has 0 spiro atoms. The first-order valence-electron chi connectivity index (χ1n) is 7.21. The molecular weight excluding hydrogens is 247 g/mol. The fourth-order valence-corrected chi connectivity index (χ4v) is 2.65. The van der Waals surface area contributed by atoms with Crippen LogP contribution in [0.1, 0.15) is 43.0 Å². The molecule has 1 aliphatic carbocycles. The molecule has 0 saturated heterocycles. The van der Waals surface area contributed by atoms with Crippen LogP contribution in [0.15, 0.2) is 42.5 Å². The summed E-state index contributed by atoms with van der Waals surface area (Å²) in [4.78, 5) is 0. The van der Waals surface area contributed by atoms with Crippen molar-refractivity contribution in [2.24, 2.45) is 0 Å². The molecule has 2 aromatic carbocycles. The first-order valence-corrected chi connectivity index (χ1v) is 7.21. The second kappa shape index (κ2) is 6.04. The molecule has 0 aromatic heterocycles. The lowest BCUT2D eigenvalue weighted by Gasteiger charge is -2.04. The summed E-state index contributed by atoms with van der Waals surface area (Å²) in [5, 5.41) is 0. The van der Waals surface area contributed by atoms with Gasteiger partial charge in [0.1, 0.15) is 5.82 Å². The number of aryl methyl sites for hydroxylation is 1. The number of fused-ring (bicyclic) bond motifs is 1. The summed E-state index contributed by atoms with van der Waals surface area (Å²) in [6.45, 7) is 8.27. The van der Waals surface area contributed by atoms with Gasteiger partial charge in [0.2, 0.25) is 0 Å². The van der Waals surface area contributed by atoms with Crippen molar-refractivity contribution in [2.45, 2.75) is 34.1 Å². The summed E-state index contributed by atoms with van der Waals surface area (Å²) in [5.41, 5.74) is 7.76. The third kappa shape index (κ3) is 2.67. The van der Waals surface area contributed by atoms with E-state index in [1.54, 1.807) is 0 Å². The molecule has 0 fully saturated rings. The zero-order valence-electron chi connectivity index (χ0n) is 12.6. The average Bonchev–Trinajstić information content (AvgIpc) is 2.79. The van der Waals surface area contributed by atoms with Gasteiger partial charge in [0, 0.05) is 0 Å². The second-order valence-electron chi connectivity index (χ2n) is 4.95. The van der Waals surface area contributed by atoms with Crippen molar-refractivity contribution in [1.82, 2.24) is 0 Å². The summed E-state index contributed by atoms with van der Waals surface area (Å²) in [7, 11) is 0. The molecule has 1 heteroatoms. The number of halogens is 1. The molecule has 0 aliphatic heterocycles. The third-order valence-corrected chi connectivity index (χ3v) is 3.68. The molecule has 0 unspecified atom stereocenters. The van der Waals surface area contributed by atoms with Gasteiger partial charge in [-0.15, -0.1) is 0 Å². The Kier molecular flexibility index (Phi) is 4.39. The van der Waals surface area contributed by atoms with Gasteiger partial charge in [-0.05, 0) is 60.2 Å². The van der Waals surface area contributed by atoms with E-state index < -0.39 is 0 Å². The Morgan fingerprint density at radius 1 is 0.900 bits per heavy atom. The zero-order valence-corrected chi connectivity index (χ0v) is 12.6. The van der Waals surface area contributed by atoms with Crippen molar-refractivity contribution < 1.29 is 4.39 Å². The highest BCUT2D eigenvalue weighted by Gasteiger charge is 2.19. The smallest absolute Gasteiger partial charge is 0.123 e. The predicted molar refractivity (Wildman–Crippen MR) is 85.1 cm³/mol. The van der Waals surface area contributed by atoms with Gasteiger partial charge >= 0.3 is 0 Å². The molecule has 0 atom stereocenters. The number of allylic oxidation sites excluding steroid dienone is 2. The number of hydrogen-bond acceptors (Lipinski definition) is 0. The number of hydrogen-bond donors (Lipinski definition) is 0. The normalized spacial score (nSPS) is 12.8. The lowest BCUT2D eigenvalue weighted by Crippen LogP contribution is -1.86. The van der Waals surface area contributed by atoms with Crippen LogP contribution in [-0.4, -0.2) is 0 Å². The largest absolute Gasteiger partial charge is 0.207 e. The maximum atomic E-state index is 13.0. The Morgan fingerprint density at radius 2 is 1.55 bits per heavy atom. The summed E-state index contributed by atoms with van der Waals surface area (Å²) < 4.78 is 13.0. The van der Waals surface area contributed by atoms with Crippen LogP contribution in [0.25, 0.3) is 11.1 Å². The molecule has 0 bridgehead atoms. The zero-order chi connectivity index (χ0) is 14.7. The van der Waals surface area contributed by atoms with Crippen LogP contribution in [0, 0.1) is 12.7 Å². The van der Waals surface area contributed by atoms with Gasteiger partial charge < -0.3 is 0 Å². The highest BCUT2D eigenvalue weighted by molar-refractivity contribution is 5.96. The second-order valence-corrected chi connectivity index (χ2v) is 4.95. The summed E-state index contributed by atoms with van der Waals surface area (Å²) in [5.74, 6) is -0.177. The molecule has 0 saturated carbocycles. The molecule has 20 heavy (non-hydrogen) atoms. The van der Waals surface area contributed by atoms with Gasteiger partial charge in [0.25, 0.3) is 0 Å². The van der Waals surface area contributed by atoms with Crippen LogP contribution in [-0.2, 0) is 6.42 Å². The van der Waals surface area contributed by atoms with Crippen LogP contribution in [0.5, 0.6) is 0 Å². The Hall–Kier alpha value is -1.89. The van der Waals surface area contributed by atoms with E-state index >= 15 is 0 Å². The quantitative estimate of drug-likeness (QED) is 0.627. The topological polar surface area (TPSA) is 0 Å². The van der Waals surface area contributed by atoms with Gasteiger partial charge in [-0.3, -0.25) is 0 Å². The van der Waals surface area contributed by atoms with Crippen molar-refractivity contribution in [2.75, 3.05) is 0 Å². The van der Waals surface area contributed by atoms with Crippen molar-refractivity contribution in [3.8, 4) is 0 Å². The molecule has 0 amide bonds. The number of benzene rings is 2. The summed E-state index contributed by atoms with van der Waals surface area (Å²) in [6.07, 6.45) is 0.951. The van der Waals surface area contributed by atoms with Crippen LogP contribution in [0.3, 0.4) is 0 Å². The highest BCUT2D eigenvalue weighted by atomic mass is 19.1. The summed E-state index contributed by atoms with van der Waals surface area (Å²) >= 11 is 0. The fourth-order valence-electron chi connectivity index (χ4n) is 2.65. The molecule has 2 aromatic rings. The van der Waals surface area contributed by atoms with E-state index in [9.17, 15) is 4.39 Å². The van der Waals surface area contributed by atoms with E-state index in [0.717, 1.165) is 12.0 Å². The Labute approximate surface area is 121 Å². The maximum absolute atomic E-state index is 13.0. The molecule has 0 radical (unpaired) electrons. The molecule has 1 aliphatic rings. The molecule has 104 valence electrons. The lowest BCUT2D eigenvalue weighted by molar-refractivity contribution is 0.627. The van der Waals surface area contributed by atoms with Crippen molar-refractivity contribution in [1.29, 1.82) is 0 Å². The van der Waals surface area contributed by atoms with E-state index in [-0.39, 0.29) is 5.82 Å². The Bertz CT molecular complexity index is 633. The fraction of sp³-hybridized carbons (Fsp3) is 0.263. The third-order valence-electron chi connectivity index (χ3n) is 3.68. The Morgan fingerprint density at radius 3 is 2.20 bits per heavy atom. The van der Waals surface area contributed by atoms with E-state index in [1.165, 1.54) is 40.0 Å². The van der Waals surface area contributed by atoms with Crippen LogP contribution < -0.4 is 0 Å². The minimum absolute atomic E-state index is 0.177. The van der Waals surface area contributed by atoms with Crippen LogP contribution >= 0.6 is 0 Å². The SMILES string of the molecule is CC.CC1=C(c2ccc(F)cc2)Cc2ccc(C)cc21. The molecular formula is C19H21F. The van der Waals surface area contributed by atoms with Gasteiger partial charge in [0.05, 0.1) is 0 Å². The van der Waals surface area contributed by atoms with Crippen molar-refractivity contribution in [3.05, 3.63) is 70.5 Å². The standard InChI is InChI=1S/C17H15F.C2H6/c1-11-3-4-14-10-17(12(2)16(14)9-11)13-5-7-15(18)8-6-13;1-2/h3-9H,10H2,1-2H3;1-2H3. The predicted octanol–water partition coefficient (Wildman–Crippen LogP) is 5.65. The van der Waals surface area contributed by atoms with Crippen LogP contribution in [0.4, 0.5) is 4.39 Å². The van der Waals surface area contributed by atoms with E-state index in [0.29, 0.717) is 0 Å². The summed E-state index contributed by atoms with van der Waals surface area (Å²) in [6, 6.07) is 13.4. The maximum Gasteiger partial charge on any atom is 0.123 e. The first-order chi connectivity index (χ1) is 9.65. The van der Waals surface area contributed by atoms with Gasteiger partial charge in [0.15, 0.2) is 0 Å². The van der Waals surface area contributed by atoms with E-state index in [1.807, 2.05) is 26.0 Å². The van der Waals surface area contributed by atoms with Gasteiger partial charge in [-0.2, -0.15) is 0 Å². The monoisotopic (exact) mass is 268 g/mol.